The van der Waals surface area contributed by atoms with Crippen LogP contribution in [0.4, 0.5) is 8.78 Å². The highest BCUT2D eigenvalue weighted by Gasteiger charge is 2.24. The van der Waals surface area contributed by atoms with Crippen LogP contribution in [0.25, 0.3) is 32.9 Å². The fourth-order valence-electron chi connectivity index (χ4n) is 5.10. The van der Waals surface area contributed by atoms with E-state index < -0.39 is 17.6 Å². The minimum atomic E-state index is -1.06. The second kappa shape index (κ2) is 11.8. The van der Waals surface area contributed by atoms with Crippen LogP contribution in [0.1, 0.15) is 33.2 Å². The minimum Gasteiger partial charge on any atom is -0.478 e. The van der Waals surface area contributed by atoms with Gasteiger partial charge in [-0.15, -0.1) is 16.4 Å². The van der Waals surface area contributed by atoms with Gasteiger partial charge in [0.05, 0.1) is 46.0 Å². The summed E-state index contributed by atoms with van der Waals surface area (Å²) in [5.41, 5.74) is 2.30. The van der Waals surface area contributed by atoms with E-state index in [9.17, 15) is 9.90 Å². The van der Waals surface area contributed by atoms with E-state index >= 15 is 8.78 Å². The Morgan fingerprint density at radius 3 is 2.76 bits per heavy atom. The quantitative estimate of drug-likeness (QED) is 0.215. The fourth-order valence-corrected chi connectivity index (χ4v) is 5.88. The first-order valence-corrected chi connectivity index (χ1v) is 14.9. The molecular weight excluding hydrogens is 604 g/mol. The summed E-state index contributed by atoms with van der Waals surface area (Å²) in [6.45, 7) is 1.21. The topological polar surface area (TPSA) is 130 Å². The standard InChI is InChI=1S/C31H25F2N7O4S/c1-39-15-25(37-38-39)27-13-34-30(45-27)16-44-29-4-2-3-23(36-29)20-12-21(32)18(9-22(20)33)11-28-35-24-6-5-17(31(41)42)10-26(24)40(28)14-19-7-8-43-19/h2-6,9-10,12-13,15,19H,7-8,11,14,16H2,1H3,(H,41,42). The van der Waals surface area contributed by atoms with Gasteiger partial charge in [0.1, 0.15) is 34.8 Å². The van der Waals surface area contributed by atoms with Gasteiger partial charge >= 0.3 is 5.97 Å². The van der Waals surface area contributed by atoms with Gasteiger partial charge in [0.15, 0.2) is 0 Å². The number of ether oxygens (including phenoxy) is 2. The van der Waals surface area contributed by atoms with E-state index in [0.717, 1.165) is 23.4 Å². The fraction of sp³-hybridized carbons (Fsp3) is 0.226. The first-order chi connectivity index (χ1) is 21.8. The summed E-state index contributed by atoms with van der Waals surface area (Å²) < 4.78 is 45.9. The Balaban J connectivity index is 1.11. The molecule has 228 valence electrons. The second-order valence-corrected chi connectivity index (χ2v) is 11.7. The van der Waals surface area contributed by atoms with E-state index in [1.165, 1.54) is 17.4 Å². The number of carboxylic acid groups (broad SMARTS) is 1. The molecule has 0 saturated carbocycles. The third kappa shape index (κ3) is 5.89. The van der Waals surface area contributed by atoms with E-state index in [1.54, 1.807) is 54.5 Å². The van der Waals surface area contributed by atoms with Crippen molar-refractivity contribution in [2.24, 2.45) is 7.05 Å². The number of aromatic nitrogens is 7. The predicted octanol–water partition coefficient (Wildman–Crippen LogP) is 5.29. The van der Waals surface area contributed by atoms with Crippen molar-refractivity contribution in [1.82, 2.24) is 34.5 Å². The van der Waals surface area contributed by atoms with Crippen molar-refractivity contribution in [3.05, 3.63) is 94.5 Å². The van der Waals surface area contributed by atoms with E-state index in [4.69, 9.17) is 9.47 Å². The van der Waals surface area contributed by atoms with Crippen molar-refractivity contribution >= 4 is 28.3 Å². The van der Waals surface area contributed by atoms with Crippen molar-refractivity contribution in [2.45, 2.75) is 32.1 Å². The molecule has 11 nitrogen and oxygen atoms in total. The van der Waals surface area contributed by atoms with Gasteiger partial charge in [0.2, 0.25) is 5.88 Å². The monoisotopic (exact) mass is 629 g/mol. The maximum absolute atomic E-state index is 15.5. The van der Waals surface area contributed by atoms with E-state index in [1.807, 2.05) is 4.57 Å². The van der Waals surface area contributed by atoms with Gasteiger partial charge in [-0.2, -0.15) is 0 Å². The molecule has 6 aromatic rings. The summed E-state index contributed by atoms with van der Waals surface area (Å²) >= 11 is 1.41. The maximum atomic E-state index is 15.5. The first kappa shape index (κ1) is 28.7. The number of fused-ring (bicyclic) bond motifs is 1. The normalized spacial score (nSPS) is 14.5. The number of aryl methyl sites for hydroxylation is 1. The van der Waals surface area contributed by atoms with Crippen LogP contribution in [0.15, 0.2) is 60.9 Å². The lowest BCUT2D eigenvalue weighted by Gasteiger charge is -2.27. The van der Waals surface area contributed by atoms with Crippen LogP contribution in [0.3, 0.4) is 0 Å². The molecule has 14 heteroatoms. The lowest BCUT2D eigenvalue weighted by Crippen LogP contribution is -2.31. The summed E-state index contributed by atoms with van der Waals surface area (Å²) in [5.74, 6) is -1.62. The maximum Gasteiger partial charge on any atom is 0.335 e. The molecule has 4 aromatic heterocycles. The Kier molecular flexibility index (Phi) is 7.51. The molecule has 1 fully saturated rings. The highest BCUT2D eigenvalue weighted by Crippen LogP contribution is 2.30. The lowest BCUT2D eigenvalue weighted by atomic mass is 10.0. The number of hydrogen-bond acceptors (Lipinski definition) is 9. The third-order valence-corrected chi connectivity index (χ3v) is 8.48. The first-order valence-electron chi connectivity index (χ1n) is 14.0. The molecule has 1 unspecified atom stereocenters. The van der Waals surface area contributed by atoms with Gasteiger partial charge in [-0.3, -0.25) is 4.68 Å². The minimum absolute atomic E-state index is 0.00617. The molecule has 2 aromatic carbocycles. The number of thiazole rings is 1. The summed E-state index contributed by atoms with van der Waals surface area (Å²) in [6, 6.07) is 11.8. The SMILES string of the molecule is Cn1cc(-c2cnc(COc3cccc(-c4cc(F)c(Cc5nc6ccc(C(=O)O)cc6n5CC5CCO5)cc4F)n3)s2)nn1. The number of halogens is 2. The Bertz CT molecular complexity index is 2050. The number of nitrogens with zero attached hydrogens (tertiary/aromatic N) is 7. The molecule has 1 N–H and O–H groups in total. The smallest absolute Gasteiger partial charge is 0.335 e. The van der Waals surface area contributed by atoms with E-state index in [0.29, 0.717) is 40.7 Å². The molecule has 1 aliphatic rings. The molecular formula is C31H25F2N7O4S. The molecule has 1 aliphatic heterocycles. The summed E-state index contributed by atoms with van der Waals surface area (Å²) in [5, 5.41) is 18.2. The lowest BCUT2D eigenvalue weighted by molar-refractivity contribution is -0.0589. The van der Waals surface area contributed by atoms with Crippen LogP contribution >= 0.6 is 11.3 Å². The number of carboxylic acids is 1. The predicted molar refractivity (Wildman–Crippen MR) is 160 cm³/mol. The average Bonchev–Trinajstić information content (AvgIpc) is 3.74. The van der Waals surface area contributed by atoms with Crippen LogP contribution in [0, 0.1) is 11.6 Å². The van der Waals surface area contributed by atoms with Crippen molar-refractivity contribution < 1.29 is 28.2 Å². The Morgan fingerprint density at radius 1 is 1.13 bits per heavy atom. The molecule has 0 amide bonds. The van der Waals surface area contributed by atoms with Gasteiger partial charge in [-0.25, -0.2) is 28.5 Å². The van der Waals surface area contributed by atoms with Crippen LogP contribution in [0.2, 0.25) is 0 Å². The third-order valence-electron chi connectivity index (χ3n) is 7.49. The Hall–Kier alpha value is -5.08. The number of pyridine rings is 1. The van der Waals surface area contributed by atoms with Crippen molar-refractivity contribution in [3.8, 4) is 27.7 Å². The van der Waals surface area contributed by atoms with Crippen LogP contribution in [0.5, 0.6) is 5.88 Å². The number of aromatic carboxylic acids is 1. The molecule has 0 spiro atoms. The zero-order chi connectivity index (χ0) is 31.1. The summed E-state index contributed by atoms with van der Waals surface area (Å²) in [4.78, 5) is 25.8. The average molecular weight is 630 g/mol. The number of imidazole rings is 1. The second-order valence-electron chi connectivity index (χ2n) is 10.6. The van der Waals surface area contributed by atoms with Crippen LogP contribution in [-0.4, -0.2) is 58.3 Å². The van der Waals surface area contributed by atoms with Crippen molar-refractivity contribution in [1.29, 1.82) is 0 Å². The Labute approximate surface area is 258 Å². The van der Waals surface area contributed by atoms with Gasteiger partial charge in [0.25, 0.3) is 0 Å². The molecule has 0 bridgehead atoms. The number of rotatable bonds is 10. The van der Waals surface area contributed by atoms with Gasteiger partial charge in [-0.1, -0.05) is 11.3 Å². The van der Waals surface area contributed by atoms with Gasteiger partial charge < -0.3 is 19.1 Å². The summed E-state index contributed by atoms with van der Waals surface area (Å²) in [7, 11) is 1.78. The molecule has 7 rings (SSSR count). The van der Waals surface area contributed by atoms with Gasteiger partial charge in [0, 0.05) is 37.9 Å². The number of hydrogen-bond donors (Lipinski definition) is 1. The van der Waals surface area contributed by atoms with E-state index in [-0.39, 0.29) is 47.4 Å². The van der Waals surface area contributed by atoms with Gasteiger partial charge in [-0.05, 0) is 48.4 Å². The molecule has 0 radical (unpaired) electrons. The van der Waals surface area contributed by atoms with Crippen molar-refractivity contribution in [2.75, 3.05) is 6.61 Å². The zero-order valence-electron chi connectivity index (χ0n) is 23.9. The molecule has 0 aliphatic carbocycles. The zero-order valence-corrected chi connectivity index (χ0v) is 24.7. The number of benzene rings is 2. The number of carbonyl (C=O) groups is 1. The highest BCUT2D eigenvalue weighted by molar-refractivity contribution is 7.15. The van der Waals surface area contributed by atoms with E-state index in [2.05, 4.69) is 25.3 Å². The molecule has 5 heterocycles. The van der Waals surface area contributed by atoms with Crippen LogP contribution < -0.4 is 4.74 Å². The summed E-state index contributed by atoms with van der Waals surface area (Å²) in [6.07, 6.45) is 4.27. The van der Waals surface area contributed by atoms with Crippen molar-refractivity contribution in [3.63, 3.8) is 0 Å². The highest BCUT2D eigenvalue weighted by atomic mass is 32.1. The molecule has 1 atom stereocenters. The largest absolute Gasteiger partial charge is 0.478 e. The van der Waals surface area contributed by atoms with Crippen LogP contribution in [-0.2, 0) is 31.4 Å². The molecule has 45 heavy (non-hydrogen) atoms. The molecule has 1 saturated heterocycles. The Morgan fingerprint density at radius 2 is 2.00 bits per heavy atom.